The molecule has 0 saturated heterocycles. The molecule has 0 amide bonds. The van der Waals surface area contributed by atoms with E-state index in [4.69, 9.17) is 28.3 Å². The van der Waals surface area contributed by atoms with Crippen LogP contribution in [0.5, 0.6) is 0 Å². The lowest BCUT2D eigenvalue weighted by atomic mass is 9.98. The molecule has 0 aromatic heterocycles. The van der Waals surface area contributed by atoms with Crippen molar-refractivity contribution in [2.75, 3.05) is 5.01 Å². The highest BCUT2D eigenvalue weighted by molar-refractivity contribution is 6.33. The monoisotopic (exact) mass is 410 g/mol. The first-order chi connectivity index (χ1) is 13.5. The summed E-state index contributed by atoms with van der Waals surface area (Å²) in [6.45, 7) is 0. The van der Waals surface area contributed by atoms with Crippen LogP contribution in [0.25, 0.3) is 0 Å². The van der Waals surface area contributed by atoms with Gasteiger partial charge in [-0.3, -0.25) is 5.01 Å². The Morgan fingerprint density at radius 1 is 1.00 bits per heavy atom. The molecule has 4 rings (SSSR count). The van der Waals surface area contributed by atoms with Gasteiger partial charge in [0.2, 0.25) is 0 Å². The largest absolute Gasteiger partial charge is 0.478 e. The summed E-state index contributed by atoms with van der Waals surface area (Å²) in [6.07, 6.45) is 0.691. The highest BCUT2D eigenvalue weighted by Crippen LogP contribution is 2.38. The van der Waals surface area contributed by atoms with Crippen molar-refractivity contribution in [3.05, 3.63) is 99.5 Å². The third kappa shape index (κ3) is 3.61. The fourth-order valence-electron chi connectivity index (χ4n) is 3.32. The molecule has 3 aromatic rings. The van der Waals surface area contributed by atoms with Crippen molar-refractivity contribution >= 4 is 40.6 Å². The molecule has 0 radical (unpaired) electrons. The van der Waals surface area contributed by atoms with Gasteiger partial charge in [0, 0.05) is 11.4 Å². The molecular weight excluding hydrogens is 395 g/mol. The predicted octanol–water partition coefficient (Wildman–Crippen LogP) is 6.05. The standard InChI is InChI=1S/C22H16Cl2N2O2/c23-16-8-6-15(7-9-16)21-13-20(14-4-2-1-3-5-14)25-26(21)17-10-11-19(24)18(12-17)22(27)28/h1-12,21H,13H2,(H,27,28). The van der Waals surface area contributed by atoms with Crippen molar-refractivity contribution in [1.29, 1.82) is 0 Å². The molecule has 28 heavy (non-hydrogen) atoms. The van der Waals surface area contributed by atoms with Crippen LogP contribution < -0.4 is 5.01 Å². The summed E-state index contributed by atoms with van der Waals surface area (Å²) in [5.74, 6) is -1.07. The van der Waals surface area contributed by atoms with E-state index >= 15 is 0 Å². The number of hydrazone groups is 1. The Balaban J connectivity index is 1.79. The molecule has 0 bridgehead atoms. The quantitative estimate of drug-likeness (QED) is 0.569. The fraction of sp³-hybridized carbons (Fsp3) is 0.0909. The number of carboxylic acid groups (broad SMARTS) is 1. The summed E-state index contributed by atoms with van der Waals surface area (Å²) in [7, 11) is 0. The van der Waals surface area contributed by atoms with Crippen molar-refractivity contribution in [2.24, 2.45) is 5.10 Å². The lowest BCUT2D eigenvalue weighted by molar-refractivity contribution is 0.0697. The number of aromatic carboxylic acids is 1. The van der Waals surface area contributed by atoms with Crippen molar-refractivity contribution in [1.82, 2.24) is 0 Å². The first-order valence-electron chi connectivity index (χ1n) is 8.73. The molecule has 0 fully saturated rings. The van der Waals surface area contributed by atoms with E-state index in [0.29, 0.717) is 17.1 Å². The van der Waals surface area contributed by atoms with Gasteiger partial charge in [0.15, 0.2) is 0 Å². The maximum absolute atomic E-state index is 11.5. The van der Waals surface area contributed by atoms with E-state index in [1.165, 1.54) is 0 Å². The third-order valence-electron chi connectivity index (χ3n) is 4.72. The Labute approximate surface area is 172 Å². The number of carbonyl (C=O) groups is 1. The number of hydrogen-bond donors (Lipinski definition) is 1. The number of hydrogen-bond acceptors (Lipinski definition) is 3. The molecule has 0 saturated carbocycles. The van der Waals surface area contributed by atoms with E-state index < -0.39 is 5.97 Å². The molecule has 1 N–H and O–H groups in total. The first kappa shape index (κ1) is 18.5. The average Bonchev–Trinajstić information content (AvgIpc) is 3.15. The van der Waals surface area contributed by atoms with Crippen LogP contribution in [0, 0.1) is 0 Å². The van der Waals surface area contributed by atoms with Gasteiger partial charge >= 0.3 is 5.97 Å². The van der Waals surface area contributed by atoms with Crippen LogP contribution in [0.2, 0.25) is 10.0 Å². The third-order valence-corrected chi connectivity index (χ3v) is 5.30. The molecule has 1 heterocycles. The normalized spacial score (nSPS) is 16.1. The SMILES string of the molecule is O=C(O)c1cc(N2N=C(c3ccccc3)CC2c2ccc(Cl)cc2)ccc1Cl. The zero-order chi connectivity index (χ0) is 19.7. The maximum atomic E-state index is 11.5. The van der Waals surface area contributed by atoms with E-state index in [9.17, 15) is 9.90 Å². The Hall–Kier alpha value is -2.82. The number of benzene rings is 3. The summed E-state index contributed by atoms with van der Waals surface area (Å²) in [5, 5.41) is 17.0. The van der Waals surface area contributed by atoms with Gasteiger partial charge in [0.25, 0.3) is 0 Å². The zero-order valence-corrected chi connectivity index (χ0v) is 16.2. The van der Waals surface area contributed by atoms with Crippen LogP contribution >= 0.6 is 23.2 Å². The Bertz CT molecular complexity index is 1050. The van der Waals surface area contributed by atoms with Crippen molar-refractivity contribution in [2.45, 2.75) is 12.5 Å². The van der Waals surface area contributed by atoms with Gasteiger partial charge in [-0.15, -0.1) is 0 Å². The average molecular weight is 411 g/mol. The first-order valence-corrected chi connectivity index (χ1v) is 9.49. The Morgan fingerprint density at radius 3 is 2.39 bits per heavy atom. The van der Waals surface area contributed by atoms with Gasteiger partial charge < -0.3 is 5.11 Å². The number of nitrogens with zero attached hydrogens (tertiary/aromatic N) is 2. The van der Waals surface area contributed by atoms with Gasteiger partial charge in [-0.1, -0.05) is 65.7 Å². The van der Waals surface area contributed by atoms with E-state index in [1.54, 1.807) is 18.2 Å². The molecule has 4 nitrogen and oxygen atoms in total. The lowest BCUT2D eigenvalue weighted by Gasteiger charge is -2.24. The molecule has 1 atom stereocenters. The summed E-state index contributed by atoms with van der Waals surface area (Å²) in [6, 6.07) is 22.5. The molecule has 140 valence electrons. The van der Waals surface area contributed by atoms with Gasteiger partial charge in [-0.05, 0) is 41.5 Å². The highest BCUT2D eigenvalue weighted by Gasteiger charge is 2.30. The second-order valence-electron chi connectivity index (χ2n) is 6.50. The number of rotatable bonds is 4. The number of halogens is 2. The highest BCUT2D eigenvalue weighted by atomic mass is 35.5. The maximum Gasteiger partial charge on any atom is 0.337 e. The van der Waals surface area contributed by atoms with Crippen LogP contribution in [0.4, 0.5) is 5.69 Å². The smallest absolute Gasteiger partial charge is 0.337 e. The summed E-state index contributed by atoms with van der Waals surface area (Å²) in [5.41, 5.74) is 3.75. The van der Waals surface area contributed by atoms with Crippen LogP contribution in [-0.2, 0) is 0 Å². The lowest BCUT2D eigenvalue weighted by Crippen LogP contribution is -2.19. The van der Waals surface area contributed by atoms with Crippen molar-refractivity contribution in [3.63, 3.8) is 0 Å². The van der Waals surface area contributed by atoms with Gasteiger partial charge in [0.05, 0.1) is 28.0 Å². The summed E-state index contributed by atoms with van der Waals surface area (Å²) < 4.78 is 0. The minimum absolute atomic E-state index is 0.0531. The van der Waals surface area contributed by atoms with E-state index in [0.717, 1.165) is 16.8 Å². The number of anilines is 1. The van der Waals surface area contributed by atoms with E-state index in [1.807, 2.05) is 59.6 Å². The fourth-order valence-corrected chi connectivity index (χ4v) is 3.64. The summed E-state index contributed by atoms with van der Waals surface area (Å²) >= 11 is 12.1. The molecule has 0 spiro atoms. The second-order valence-corrected chi connectivity index (χ2v) is 7.34. The van der Waals surface area contributed by atoms with E-state index in [2.05, 4.69) is 0 Å². The molecule has 6 heteroatoms. The molecule has 3 aromatic carbocycles. The number of carboxylic acids is 1. The van der Waals surface area contributed by atoms with Gasteiger partial charge in [0.1, 0.15) is 0 Å². The van der Waals surface area contributed by atoms with Crippen molar-refractivity contribution in [3.8, 4) is 0 Å². The Kier molecular flexibility index (Phi) is 5.07. The van der Waals surface area contributed by atoms with Crippen LogP contribution in [0.1, 0.15) is 33.9 Å². The minimum Gasteiger partial charge on any atom is -0.478 e. The molecule has 0 aliphatic carbocycles. The van der Waals surface area contributed by atoms with Crippen LogP contribution in [0.15, 0.2) is 77.9 Å². The molecule has 1 aliphatic heterocycles. The Morgan fingerprint density at radius 2 is 1.71 bits per heavy atom. The van der Waals surface area contributed by atoms with Crippen LogP contribution in [-0.4, -0.2) is 16.8 Å². The van der Waals surface area contributed by atoms with Crippen molar-refractivity contribution < 1.29 is 9.90 Å². The molecule has 1 aliphatic rings. The topological polar surface area (TPSA) is 52.9 Å². The van der Waals surface area contributed by atoms with Crippen LogP contribution in [0.3, 0.4) is 0 Å². The van der Waals surface area contributed by atoms with Gasteiger partial charge in [-0.25, -0.2) is 4.79 Å². The molecule has 1 unspecified atom stereocenters. The summed E-state index contributed by atoms with van der Waals surface area (Å²) in [4.78, 5) is 11.5. The zero-order valence-electron chi connectivity index (χ0n) is 14.7. The molecular formula is C22H16Cl2N2O2. The van der Waals surface area contributed by atoms with E-state index in [-0.39, 0.29) is 16.6 Å². The predicted molar refractivity (Wildman–Crippen MR) is 113 cm³/mol. The van der Waals surface area contributed by atoms with Gasteiger partial charge in [-0.2, -0.15) is 5.10 Å². The second kappa shape index (κ2) is 7.66. The minimum atomic E-state index is -1.07.